The van der Waals surface area contributed by atoms with Gasteiger partial charge >= 0.3 is 6.03 Å². The van der Waals surface area contributed by atoms with Crippen molar-refractivity contribution in [3.63, 3.8) is 0 Å². The predicted octanol–water partition coefficient (Wildman–Crippen LogP) is 2.00. The molecular formula is C17H23ClN4O3. The Hall–Kier alpha value is -1.99. The Morgan fingerprint density at radius 2 is 1.92 bits per heavy atom. The van der Waals surface area contributed by atoms with Gasteiger partial charge < -0.3 is 20.7 Å². The third kappa shape index (κ3) is 3.67. The number of methoxy groups -OCH3 is 1. The molecule has 2 heterocycles. The highest BCUT2D eigenvalue weighted by atomic mass is 35.5. The molecule has 2 aliphatic heterocycles. The van der Waals surface area contributed by atoms with Gasteiger partial charge in [0, 0.05) is 24.2 Å². The number of rotatable bonds is 3. The van der Waals surface area contributed by atoms with Crippen molar-refractivity contribution in [1.29, 1.82) is 0 Å². The van der Waals surface area contributed by atoms with Crippen molar-refractivity contribution < 1.29 is 14.3 Å². The first-order chi connectivity index (χ1) is 11.9. The Morgan fingerprint density at radius 3 is 2.52 bits per heavy atom. The molecule has 0 aromatic heterocycles. The first kappa shape index (κ1) is 17.8. The molecule has 8 heteroatoms. The summed E-state index contributed by atoms with van der Waals surface area (Å²) in [6, 6.07) is 3.46. The van der Waals surface area contributed by atoms with Crippen LogP contribution in [0.2, 0.25) is 5.02 Å². The standard InChI is InChI=1S/C17H23ClN4O3/c1-22-10-3-4-11(22)6-9(5-10)20-17(24)21-16(23)12-7-13(18)14(19)8-15(12)25-2/h7-11H,3-6,19H2,1-2H3,(H2,20,21,23,24)/t9?,10-,11+. The Kier molecular flexibility index (Phi) is 5.06. The summed E-state index contributed by atoms with van der Waals surface area (Å²) in [4.78, 5) is 27.0. The molecule has 0 radical (unpaired) electrons. The van der Waals surface area contributed by atoms with Gasteiger partial charge in [0.15, 0.2) is 0 Å². The van der Waals surface area contributed by atoms with Crippen molar-refractivity contribution in [3.05, 3.63) is 22.7 Å². The molecule has 3 rings (SSSR count). The van der Waals surface area contributed by atoms with Gasteiger partial charge in [0.2, 0.25) is 0 Å². The van der Waals surface area contributed by atoms with Gasteiger partial charge in [0.1, 0.15) is 5.75 Å². The van der Waals surface area contributed by atoms with Crippen molar-refractivity contribution in [2.75, 3.05) is 19.9 Å². The van der Waals surface area contributed by atoms with E-state index >= 15 is 0 Å². The van der Waals surface area contributed by atoms with E-state index in [0.717, 1.165) is 12.8 Å². The number of fused-ring (bicyclic) bond motifs is 2. The second-order valence-electron chi connectivity index (χ2n) is 6.72. The molecule has 25 heavy (non-hydrogen) atoms. The van der Waals surface area contributed by atoms with Crippen molar-refractivity contribution in [2.24, 2.45) is 0 Å². The zero-order chi connectivity index (χ0) is 18.1. The average molecular weight is 367 g/mol. The summed E-state index contributed by atoms with van der Waals surface area (Å²) in [5.74, 6) is -0.309. The van der Waals surface area contributed by atoms with Crippen molar-refractivity contribution in [2.45, 2.75) is 43.8 Å². The van der Waals surface area contributed by atoms with Crippen LogP contribution in [-0.4, -0.2) is 49.1 Å². The maximum atomic E-state index is 12.4. The topological polar surface area (TPSA) is 96.7 Å². The zero-order valence-corrected chi connectivity index (χ0v) is 15.1. The number of imide groups is 1. The highest BCUT2D eigenvalue weighted by Crippen LogP contribution is 2.34. The van der Waals surface area contributed by atoms with E-state index in [0.29, 0.717) is 17.8 Å². The number of amides is 3. The van der Waals surface area contributed by atoms with Crippen LogP contribution in [0.15, 0.2) is 12.1 Å². The number of halogens is 1. The number of ether oxygens (including phenoxy) is 1. The highest BCUT2D eigenvalue weighted by molar-refractivity contribution is 6.33. The lowest BCUT2D eigenvalue weighted by Gasteiger charge is -2.36. The van der Waals surface area contributed by atoms with Gasteiger partial charge in [0.05, 0.1) is 23.4 Å². The van der Waals surface area contributed by atoms with Crippen molar-refractivity contribution in [1.82, 2.24) is 15.5 Å². The lowest BCUT2D eigenvalue weighted by molar-refractivity contribution is 0.0957. The second kappa shape index (κ2) is 7.09. The van der Waals surface area contributed by atoms with Crippen LogP contribution >= 0.6 is 11.6 Å². The van der Waals surface area contributed by atoms with Crippen LogP contribution in [0.4, 0.5) is 10.5 Å². The number of nitrogen functional groups attached to an aromatic ring is 1. The monoisotopic (exact) mass is 366 g/mol. The Labute approximate surface area is 151 Å². The summed E-state index contributed by atoms with van der Waals surface area (Å²) >= 11 is 5.97. The van der Waals surface area contributed by atoms with E-state index in [-0.39, 0.29) is 22.4 Å². The quantitative estimate of drug-likeness (QED) is 0.711. The number of carbonyl (C=O) groups is 2. The number of piperidine rings is 1. The number of hydrogen-bond donors (Lipinski definition) is 3. The molecule has 1 unspecified atom stereocenters. The predicted molar refractivity (Wildman–Crippen MR) is 96.0 cm³/mol. The van der Waals surface area contributed by atoms with E-state index < -0.39 is 11.9 Å². The van der Waals surface area contributed by atoms with Crippen molar-refractivity contribution >= 4 is 29.2 Å². The summed E-state index contributed by atoms with van der Waals surface area (Å²) in [5.41, 5.74) is 6.18. The number of nitrogens with zero attached hydrogens (tertiary/aromatic N) is 1. The van der Waals surface area contributed by atoms with Crippen LogP contribution in [-0.2, 0) is 0 Å². The van der Waals surface area contributed by atoms with Gasteiger partial charge in [-0.3, -0.25) is 10.1 Å². The van der Waals surface area contributed by atoms with Gasteiger partial charge in [-0.1, -0.05) is 11.6 Å². The number of hydrogen-bond acceptors (Lipinski definition) is 5. The first-order valence-corrected chi connectivity index (χ1v) is 8.73. The summed E-state index contributed by atoms with van der Waals surface area (Å²) < 4.78 is 5.15. The third-order valence-electron chi connectivity index (χ3n) is 5.22. The van der Waals surface area contributed by atoms with E-state index in [9.17, 15) is 9.59 Å². The maximum absolute atomic E-state index is 12.4. The molecule has 0 spiro atoms. The Balaban J connectivity index is 1.62. The van der Waals surface area contributed by atoms with Gasteiger partial charge in [-0.25, -0.2) is 4.79 Å². The van der Waals surface area contributed by atoms with Crippen LogP contribution in [0.1, 0.15) is 36.0 Å². The first-order valence-electron chi connectivity index (χ1n) is 8.35. The highest BCUT2D eigenvalue weighted by Gasteiger charge is 2.38. The minimum atomic E-state index is -0.577. The molecule has 1 aromatic carbocycles. The molecule has 3 atom stereocenters. The fourth-order valence-electron chi connectivity index (χ4n) is 3.84. The molecule has 3 amide bonds. The molecule has 1 aromatic rings. The van der Waals surface area contributed by atoms with Crippen LogP contribution < -0.4 is 21.1 Å². The van der Waals surface area contributed by atoms with E-state index in [4.69, 9.17) is 22.1 Å². The van der Waals surface area contributed by atoms with E-state index in [1.807, 2.05) is 0 Å². The number of nitrogens with two attached hydrogens (primary N) is 1. The fourth-order valence-corrected chi connectivity index (χ4v) is 4.00. The fraction of sp³-hybridized carbons (Fsp3) is 0.529. The number of anilines is 1. The van der Waals surface area contributed by atoms with Crippen LogP contribution in [0.5, 0.6) is 5.75 Å². The SMILES string of the molecule is COc1cc(N)c(Cl)cc1C(=O)NC(=O)NC1C[C@H]2CC[C@@H](C1)N2C. The van der Waals surface area contributed by atoms with Gasteiger partial charge in [-0.2, -0.15) is 0 Å². The molecule has 2 bridgehead atoms. The maximum Gasteiger partial charge on any atom is 0.321 e. The summed E-state index contributed by atoms with van der Waals surface area (Å²) in [6.45, 7) is 0. The average Bonchev–Trinajstić information content (AvgIpc) is 2.78. The third-order valence-corrected chi connectivity index (χ3v) is 5.55. The van der Waals surface area contributed by atoms with Crippen LogP contribution in [0, 0.1) is 0 Å². The second-order valence-corrected chi connectivity index (χ2v) is 7.13. The largest absolute Gasteiger partial charge is 0.496 e. The molecule has 2 aliphatic rings. The van der Waals surface area contributed by atoms with Gasteiger partial charge in [0.25, 0.3) is 5.91 Å². The molecule has 4 N–H and O–H groups in total. The lowest BCUT2D eigenvalue weighted by Crippen LogP contribution is -2.51. The van der Waals surface area contributed by atoms with Gasteiger partial charge in [-0.15, -0.1) is 0 Å². The molecule has 136 valence electrons. The Bertz CT molecular complexity index is 683. The summed E-state index contributed by atoms with van der Waals surface area (Å²) in [5, 5.41) is 5.49. The summed E-state index contributed by atoms with van der Waals surface area (Å²) in [7, 11) is 3.56. The van der Waals surface area contributed by atoms with E-state index in [1.165, 1.54) is 32.1 Å². The minimum Gasteiger partial charge on any atom is -0.496 e. The molecule has 0 saturated carbocycles. The molecule has 2 fully saturated rings. The minimum absolute atomic E-state index is 0.0819. The van der Waals surface area contributed by atoms with Crippen molar-refractivity contribution in [3.8, 4) is 5.75 Å². The normalized spacial score (nSPS) is 25.5. The molecule has 0 aliphatic carbocycles. The number of benzene rings is 1. The number of carbonyl (C=O) groups excluding carboxylic acids is 2. The number of nitrogens with one attached hydrogen (secondary N) is 2. The zero-order valence-electron chi connectivity index (χ0n) is 14.3. The Morgan fingerprint density at radius 1 is 1.28 bits per heavy atom. The smallest absolute Gasteiger partial charge is 0.321 e. The molecular weight excluding hydrogens is 344 g/mol. The van der Waals surface area contributed by atoms with E-state index in [2.05, 4.69) is 22.6 Å². The molecule has 7 nitrogen and oxygen atoms in total. The van der Waals surface area contributed by atoms with Gasteiger partial charge in [-0.05, 0) is 38.8 Å². The van der Waals surface area contributed by atoms with Crippen LogP contribution in [0.25, 0.3) is 0 Å². The summed E-state index contributed by atoms with van der Waals surface area (Å²) in [6.07, 6.45) is 4.15. The number of urea groups is 1. The van der Waals surface area contributed by atoms with Crippen LogP contribution in [0.3, 0.4) is 0 Å². The van der Waals surface area contributed by atoms with E-state index in [1.54, 1.807) is 0 Å². The molecule has 2 saturated heterocycles. The lowest BCUT2D eigenvalue weighted by atomic mass is 9.98.